The molecule has 0 bridgehead atoms. The first-order chi connectivity index (χ1) is 14.4. The summed E-state index contributed by atoms with van der Waals surface area (Å²) in [5.41, 5.74) is 2.68. The number of carbonyl (C=O) groups excluding carboxylic acids is 2. The molecule has 0 aromatic heterocycles. The third-order valence-corrected chi connectivity index (χ3v) is 4.44. The number of rotatable bonds is 7. The van der Waals surface area contributed by atoms with Crippen LogP contribution >= 0.6 is 0 Å². The predicted molar refractivity (Wildman–Crippen MR) is 116 cm³/mol. The Morgan fingerprint density at radius 2 is 1.70 bits per heavy atom. The number of benzene rings is 3. The van der Waals surface area contributed by atoms with Crippen LogP contribution in [0.4, 0.5) is 11.4 Å². The fourth-order valence-electron chi connectivity index (χ4n) is 2.96. The van der Waals surface area contributed by atoms with Crippen molar-refractivity contribution in [2.24, 2.45) is 0 Å². The van der Waals surface area contributed by atoms with E-state index in [-0.39, 0.29) is 23.5 Å². The monoisotopic (exact) mass is 400 g/mol. The molecule has 150 valence electrons. The van der Waals surface area contributed by atoms with Crippen LogP contribution in [0, 0.1) is 17.0 Å². The molecule has 3 aromatic carbocycles. The van der Waals surface area contributed by atoms with Crippen molar-refractivity contribution in [3.05, 3.63) is 111 Å². The van der Waals surface area contributed by atoms with Gasteiger partial charge in [0.1, 0.15) is 0 Å². The van der Waals surface area contributed by atoms with E-state index in [0.717, 1.165) is 5.56 Å². The van der Waals surface area contributed by atoms with Crippen LogP contribution in [-0.4, -0.2) is 16.6 Å². The zero-order valence-electron chi connectivity index (χ0n) is 16.4. The van der Waals surface area contributed by atoms with E-state index in [1.165, 1.54) is 18.2 Å². The lowest BCUT2D eigenvalue weighted by Gasteiger charge is -2.10. The Balaban J connectivity index is 1.93. The van der Waals surface area contributed by atoms with E-state index in [9.17, 15) is 19.7 Å². The molecule has 0 aliphatic rings. The van der Waals surface area contributed by atoms with Gasteiger partial charge in [0.05, 0.1) is 4.92 Å². The molecule has 0 atom stereocenters. The van der Waals surface area contributed by atoms with Crippen LogP contribution in [-0.2, 0) is 4.79 Å². The van der Waals surface area contributed by atoms with Gasteiger partial charge in [0, 0.05) is 35.4 Å². The van der Waals surface area contributed by atoms with Gasteiger partial charge < -0.3 is 5.32 Å². The summed E-state index contributed by atoms with van der Waals surface area (Å²) in [6.45, 7) is 1.91. The Morgan fingerprint density at radius 1 is 0.967 bits per heavy atom. The van der Waals surface area contributed by atoms with Gasteiger partial charge in [-0.15, -0.1) is 0 Å². The summed E-state index contributed by atoms with van der Waals surface area (Å²) >= 11 is 0. The maximum atomic E-state index is 12.9. The number of hydrogen-bond donors (Lipinski definition) is 1. The number of hydrogen-bond acceptors (Lipinski definition) is 4. The van der Waals surface area contributed by atoms with Gasteiger partial charge in [0.2, 0.25) is 0 Å². The van der Waals surface area contributed by atoms with E-state index in [4.69, 9.17) is 0 Å². The van der Waals surface area contributed by atoms with E-state index in [2.05, 4.69) is 5.32 Å². The molecule has 30 heavy (non-hydrogen) atoms. The highest BCUT2D eigenvalue weighted by molar-refractivity contribution is 6.12. The van der Waals surface area contributed by atoms with Gasteiger partial charge in [0.25, 0.3) is 11.6 Å². The highest BCUT2D eigenvalue weighted by Crippen LogP contribution is 2.20. The predicted octanol–water partition coefficient (Wildman–Crippen LogP) is 5.20. The lowest BCUT2D eigenvalue weighted by Crippen LogP contribution is -2.17. The van der Waals surface area contributed by atoms with E-state index < -0.39 is 10.8 Å². The van der Waals surface area contributed by atoms with Crippen molar-refractivity contribution in [3.63, 3.8) is 0 Å². The quantitative estimate of drug-likeness (QED) is 0.255. The summed E-state index contributed by atoms with van der Waals surface area (Å²) in [5, 5.41) is 13.9. The summed E-state index contributed by atoms with van der Waals surface area (Å²) < 4.78 is 0. The Bertz CT molecular complexity index is 1120. The first-order valence-corrected chi connectivity index (χ1v) is 9.33. The number of anilines is 1. The maximum Gasteiger partial charge on any atom is 0.270 e. The minimum atomic E-state index is -0.501. The third kappa shape index (κ3) is 5.48. The van der Waals surface area contributed by atoms with Gasteiger partial charge in [-0.05, 0) is 36.3 Å². The Hall–Kier alpha value is -4.06. The lowest BCUT2D eigenvalue weighted by atomic mass is 10.00. The first-order valence-electron chi connectivity index (χ1n) is 9.33. The Kier molecular flexibility index (Phi) is 6.49. The standard InChI is InChI=1S/C24H20N2O4/c1-17-7-5-11-21(13-17)25-24(28)20(16-23(27)19-9-3-2-4-10-19)14-18-8-6-12-22(15-18)26(29)30/h2-15H,16H2,1H3,(H,25,28)/b20-14+. The molecule has 6 heteroatoms. The molecule has 0 aliphatic carbocycles. The second kappa shape index (κ2) is 9.43. The van der Waals surface area contributed by atoms with Crippen molar-refractivity contribution in [1.29, 1.82) is 0 Å². The summed E-state index contributed by atoms with van der Waals surface area (Å²) in [6.07, 6.45) is 1.38. The fourth-order valence-corrected chi connectivity index (χ4v) is 2.96. The third-order valence-electron chi connectivity index (χ3n) is 4.44. The minimum absolute atomic E-state index is 0.0865. The number of nitro benzene ring substituents is 1. The average molecular weight is 400 g/mol. The van der Waals surface area contributed by atoms with Crippen LogP contribution < -0.4 is 5.32 Å². The normalized spacial score (nSPS) is 11.0. The van der Waals surface area contributed by atoms with Gasteiger partial charge in [0.15, 0.2) is 5.78 Å². The molecule has 0 unspecified atom stereocenters. The van der Waals surface area contributed by atoms with Crippen molar-refractivity contribution < 1.29 is 14.5 Å². The molecule has 0 saturated heterocycles. The topological polar surface area (TPSA) is 89.3 Å². The zero-order valence-corrected chi connectivity index (χ0v) is 16.4. The molecular weight excluding hydrogens is 380 g/mol. The second-order valence-corrected chi connectivity index (χ2v) is 6.81. The summed E-state index contributed by atoms with van der Waals surface area (Å²) in [5.74, 6) is -0.650. The van der Waals surface area contributed by atoms with Crippen molar-refractivity contribution in [2.45, 2.75) is 13.3 Å². The van der Waals surface area contributed by atoms with Gasteiger partial charge in [-0.25, -0.2) is 0 Å². The van der Waals surface area contributed by atoms with E-state index in [0.29, 0.717) is 16.8 Å². The molecule has 0 spiro atoms. The molecule has 6 nitrogen and oxygen atoms in total. The smallest absolute Gasteiger partial charge is 0.270 e. The van der Waals surface area contributed by atoms with E-state index in [1.807, 2.05) is 25.1 Å². The summed E-state index contributed by atoms with van der Waals surface area (Å²) in [7, 11) is 0. The highest BCUT2D eigenvalue weighted by Gasteiger charge is 2.17. The molecule has 1 amide bonds. The van der Waals surface area contributed by atoms with Crippen LogP contribution in [0.2, 0.25) is 0 Å². The number of Topliss-reactive ketones (excluding diaryl/α,β-unsaturated/α-hetero) is 1. The highest BCUT2D eigenvalue weighted by atomic mass is 16.6. The number of aryl methyl sites for hydroxylation is 1. The number of nitrogens with zero attached hydrogens (tertiary/aromatic N) is 1. The zero-order chi connectivity index (χ0) is 21.5. The SMILES string of the molecule is Cc1cccc(NC(=O)/C(=C/c2cccc([N+](=O)[O-])c2)CC(=O)c2ccccc2)c1. The molecule has 0 fully saturated rings. The van der Waals surface area contributed by atoms with E-state index in [1.54, 1.807) is 48.5 Å². The first kappa shape index (κ1) is 20.7. The second-order valence-electron chi connectivity index (χ2n) is 6.81. The number of nitrogens with one attached hydrogen (secondary N) is 1. The van der Waals surface area contributed by atoms with Crippen LogP contribution in [0.15, 0.2) is 84.4 Å². The van der Waals surface area contributed by atoms with Gasteiger partial charge in [-0.1, -0.05) is 54.6 Å². The minimum Gasteiger partial charge on any atom is -0.322 e. The summed E-state index contributed by atoms with van der Waals surface area (Å²) in [4.78, 5) is 36.2. The number of amides is 1. The maximum absolute atomic E-state index is 12.9. The molecule has 0 heterocycles. The Labute approximate surface area is 174 Å². The van der Waals surface area contributed by atoms with Gasteiger partial charge >= 0.3 is 0 Å². The van der Waals surface area contributed by atoms with Crippen molar-refractivity contribution in [1.82, 2.24) is 0 Å². The van der Waals surface area contributed by atoms with Crippen LogP contribution in [0.3, 0.4) is 0 Å². The average Bonchev–Trinajstić information content (AvgIpc) is 2.74. The van der Waals surface area contributed by atoms with E-state index >= 15 is 0 Å². The van der Waals surface area contributed by atoms with Gasteiger partial charge in [-0.2, -0.15) is 0 Å². The number of non-ortho nitro benzene ring substituents is 1. The molecule has 0 radical (unpaired) electrons. The number of nitro groups is 1. The lowest BCUT2D eigenvalue weighted by molar-refractivity contribution is -0.384. The molecule has 0 saturated carbocycles. The van der Waals surface area contributed by atoms with Crippen molar-refractivity contribution in [2.75, 3.05) is 5.32 Å². The molecule has 3 rings (SSSR count). The van der Waals surface area contributed by atoms with Crippen LogP contribution in [0.25, 0.3) is 6.08 Å². The molecular formula is C24H20N2O4. The van der Waals surface area contributed by atoms with Crippen molar-refractivity contribution in [3.8, 4) is 0 Å². The number of carbonyl (C=O) groups is 2. The molecule has 0 aliphatic heterocycles. The molecule has 3 aromatic rings. The fraction of sp³-hybridized carbons (Fsp3) is 0.0833. The summed E-state index contributed by atoms with van der Waals surface area (Å²) in [6, 6.07) is 21.9. The molecule has 1 N–H and O–H groups in total. The largest absolute Gasteiger partial charge is 0.322 e. The van der Waals surface area contributed by atoms with Crippen LogP contribution in [0.5, 0.6) is 0 Å². The van der Waals surface area contributed by atoms with Crippen molar-refractivity contribution >= 4 is 29.1 Å². The van der Waals surface area contributed by atoms with Crippen LogP contribution in [0.1, 0.15) is 27.9 Å². The Morgan fingerprint density at radius 3 is 2.40 bits per heavy atom. The van der Waals surface area contributed by atoms with Gasteiger partial charge in [-0.3, -0.25) is 19.7 Å². The number of ketones is 1.